The van der Waals surface area contributed by atoms with E-state index in [9.17, 15) is 5.11 Å². The fourth-order valence-corrected chi connectivity index (χ4v) is 5.56. The molecule has 0 aromatic heterocycles. The van der Waals surface area contributed by atoms with Crippen molar-refractivity contribution in [3.8, 4) is 0 Å². The average molecular weight is 248 g/mol. The molecule has 0 aliphatic heterocycles. The Morgan fingerprint density at radius 3 is 2.67 bits per heavy atom. The number of fused-ring (bicyclic) bond motifs is 3. The summed E-state index contributed by atoms with van der Waals surface area (Å²) in [7, 11) is 0. The number of aliphatic hydroxyl groups excluding tert-OH is 1. The number of rotatable bonds is 1. The van der Waals surface area contributed by atoms with Gasteiger partial charge in [-0.15, -0.1) is 0 Å². The third kappa shape index (κ3) is 1.70. The fourth-order valence-electron chi connectivity index (χ4n) is 5.56. The molecule has 0 heterocycles. The molecular formula is C17H28O. The Morgan fingerprint density at radius 2 is 1.94 bits per heavy atom. The van der Waals surface area contributed by atoms with Gasteiger partial charge in [-0.05, 0) is 61.7 Å². The van der Waals surface area contributed by atoms with E-state index in [1.54, 1.807) is 0 Å². The summed E-state index contributed by atoms with van der Waals surface area (Å²) in [6.45, 7) is 8.80. The van der Waals surface area contributed by atoms with Crippen LogP contribution in [0.25, 0.3) is 0 Å². The van der Waals surface area contributed by atoms with E-state index in [2.05, 4.69) is 20.4 Å². The van der Waals surface area contributed by atoms with Gasteiger partial charge >= 0.3 is 0 Å². The molecule has 0 amide bonds. The van der Waals surface area contributed by atoms with Crippen LogP contribution in [0.5, 0.6) is 0 Å². The Bertz CT molecular complexity index is 348. The molecule has 1 nitrogen and oxygen atoms in total. The van der Waals surface area contributed by atoms with Crippen molar-refractivity contribution in [2.24, 2.45) is 29.1 Å². The number of hydrogen-bond donors (Lipinski definition) is 1. The van der Waals surface area contributed by atoms with Crippen LogP contribution in [0.15, 0.2) is 12.2 Å². The summed E-state index contributed by atoms with van der Waals surface area (Å²) < 4.78 is 0. The maximum Gasteiger partial charge on any atom is 0.0599 e. The summed E-state index contributed by atoms with van der Waals surface area (Å²) in [5.74, 6) is 3.06. The smallest absolute Gasteiger partial charge is 0.0599 e. The number of hydrogen-bond acceptors (Lipinski definition) is 1. The minimum Gasteiger partial charge on any atom is -0.393 e. The van der Waals surface area contributed by atoms with Crippen molar-refractivity contribution < 1.29 is 5.11 Å². The molecule has 0 bridgehead atoms. The molecule has 0 aromatic carbocycles. The summed E-state index contributed by atoms with van der Waals surface area (Å²) in [5.41, 5.74) is 1.55. The van der Waals surface area contributed by atoms with Gasteiger partial charge in [-0.1, -0.05) is 38.3 Å². The molecule has 0 unspecified atom stereocenters. The minimum absolute atomic E-state index is 0.0637. The van der Waals surface area contributed by atoms with E-state index < -0.39 is 0 Å². The van der Waals surface area contributed by atoms with Crippen molar-refractivity contribution in [2.75, 3.05) is 0 Å². The number of allylic oxidation sites excluding steroid dienone is 1. The van der Waals surface area contributed by atoms with Crippen molar-refractivity contribution >= 4 is 0 Å². The van der Waals surface area contributed by atoms with Crippen LogP contribution < -0.4 is 0 Å². The molecule has 3 aliphatic carbocycles. The SMILES string of the molecule is C=C(C)[C@@H]1CC[C@@]2(C)[C@H]1[C@H]1CCCC[C@@H]1C[C@@H]2O. The molecule has 3 fully saturated rings. The first-order chi connectivity index (χ1) is 8.54. The molecule has 3 aliphatic rings. The van der Waals surface area contributed by atoms with Crippen molar-refractivity contribution in [2.45, 2.75) is 64.9 Å². The molecule has 3 rings (SSSR count). The van der Waals surface area contributed by atoms with Gasteiger partial charge in [-0.25, -0.2) is 0 Å². The van der Waals surface area contributed by atoms with Gasteiger partial charge in [0.25, 0.3) is 0 Å². The van der Waals surface area contributed by atoms with Crippen molar-refractivity contribution in [3.05, 3.63) is 12.2 Å². The van der Waals surface area contributed by atoms with Crippen molar-refractivity contribution in [1.82, 2.24) is 0 Å². The lowest BCUT2D eigenvalue weighted by atomic mass is 9.54. The standard InChI is InChI=1S/C17H28O/c1-11(2)13-8-9-17(3)15(18)10-12-6-4-5-7-14(12)16(13)17/h12-16,18H,1,4-10H2,2-3H3/t12-,13+,14+,15+,16-,17-/m1/s1. The van der Waals surface area contributed by atoms with Crippen LogP contribution in [0.4, 0.5) is 0 Å². The summed E-state index contributed by atoms with van der Waals surface area (Å²) >= 11 is 0. The molecule has 102 valence electrons. The predicted octanol–water partition coefficient (Wildman–Crippen LogP) is 4.17. The van der Waals surface area contributed by atoms with E-state index >= 15 is 0 Å². The summed E-state index contributed by atoms with van der Waals surface area (Å²) in [4.78, 5) is 0. The van der Waals surface area contributed by atoms with Gasteiger partial charge < -0.3 is 5.11 Å². The third-order valence-electron chi connectivity index (χ3n) is 6.54. The Kier molecular flexibility index (Phi) is 3.09. The van der Waals surface area contributed by atoms with Crippen molar-refractivity contribution in [1.29, 1.82) is 0 Å². The molecule has 1 heteroatoms. The lowest BCUT2D eigenvalue weighted by Gasteiger charge is -2.53. The zero-order chi connectivity index (χ0) is 12.9. The van der Waals surface area contributed by atoms with Crippen LogP contribution in [0.1, 0.15) is 58.8 Å². The van der Waals surface area contributed by atoms with Crippen LogP contribution in [0, 0.1) is 29.1 Å². The van der Waals surface area contributed by atoms with E-state index in [1.165, 1.54) is 44.1 Å². The van der Waals surface area contributed by atoms with Gasteiger partial charge in [-0.3, -0.25) is 0 Å². The van der Waals surface area contributed by atoms with Crippen LogP contribution in [-0.4, -0.2) is 11.2 Å². The Morgan fingerprint density at radius 1 is 1.22 bits per heavy atom. The quantitative estimate of drug-likeness (QED) is 0.691. The predicted molar refractivity (Wildman–Crippen MR) is 75.2 cm³/mol. The molecule has 1 N–H and O–H groups in total. The largest absolute Gasteiger partial charge is 0.393 e. The fraction of sp³-hybridized carbons (Fsp3) is 0.882. The average Bonchev–Trinajstić information content (AvgIpc) is 2.69. The first-order valence-corrected chi connectivity index (χ1v) is 7.87. The molecule has 6 atom stereocenters. The highest BCUT2D eigenvalue weighted by Gasteiger charge is 2.57. The van der Waals surface area contributed by atoms with E-state index in [1.807, 2.05) is 0 Å². The van der Waals surface area contributed by atoms with E-state index in [0.29, 0.717) is 11.8 Å². The first-order valence-electron chi connectivity index (χ1n) is 7.87. The van der Waals surface area contributed by atoms with Crippen LogP contribution in [0.3, 0.4) is 0 Å². The minimum atomic E-state index is -0.0637. The van der Waals surface area contributed by atoms with E-state index in [0.717, 1.165) is 18.3 Å². The van der Waals surface area contributed by atoms with Crippen molar-refractivity contribution in [3.63, 3.8) is 0 Å². The Hall–Kier alpha value is -0.300. The molecular weight excluding hydrogens is 220 g/mol. The molecule has 3 saturated carbocycles. The molecule has 0 radical (unpaired) electrons. The first kappa shape index (κ1) is 12.7. The molecule has 18 heavy (non-hydrogen) atoms. The summed E-state index contributed by atoms with van der Waals surface area (Å²) in [6, 6.07) is 0. The zero-order valence-corrected chi connectivity index (χ0v) is 12.0. The Labute approximate surface area is 112 Å². The van der Waals surface area contributed by atoms with Gasteiger partial charge in [0.2, 0.25) is 0 Å². The van der Waals surface area contributed by atoms with Gasteiger partial charge in [0.15, 0.2) is 0 Å². The van der Waals surface area contributed by atoms with Gasteiger partial charge in [0.1, 0.15) is 0 Å². The second-order valence-electron chi connectivity index (χ2n) is 7.48. The molecule has 0 saturated heterocycles. The number of aliphatic hydroxyl groups is 1. The monoisotopic (exact) mass is 248 g/mol. The molecule has 0 aromatic rings. The summed E-state index contributed by atoms with van der Waals surface area (Å²) in [5, 5.41) is 10.6. The molecule has 0 spiro atoms. The van der Waals surface area contributed by atoms with Crippen LogP contribution >= 0.6 is 0 Å². The topological polar surface area (TPSA) is 20.2 Å². The zero-order valence-electron chi connectivity index (χ0n) is 12.0. The van der Waals surface area contributed by atoms with Gasteiger partial charge in [0.05, 0.1) is 6.10 Å². The maximum absolute atomic E-state index is 10.6. The van der Waals surface area contributed by atoms with E-state index in [-0.39, 0.29) is 11.5 Å². The summed E-state index contributed by atoms with van der Waals surface area (Å²) in [6.07, 6.45) is 9.03. The second kappa shape index (κ2) is 4.37. The van der Waals surface area contributed by atoms with E-state index in [4.69, 9.17) is 0 Å². The van der Waals surface area contributed by atoms with Crippen LogP contribution in [-0.2, 0) is 0 Å². The second-order valence-corrected chi connectivity index (χ2v) is 7.48. The maximum atomic E-state index is 10.6. The highest BCUT2D eigenvalue weighted by Crippen LogP contribution is 2.62. The van der Waals surface area contributed by atoms with Crippen LogP contribution in [0.2, 0.25) is 0 Å². The lowest BCUT2D eigenvalue weighted by Crippen LogP contribution is -2.50. The highest BCUT2D eigenvalue weighted by atomic mass is 16.3. The lowest BCUT2D eigenvalue weighted by molar-refractivity contribution is -0.0974. The highest BCUT2D eigenvalue weighted by molar-refractivity contribution is 5.13. The van der Waals surface area contributed by atoms with Gasteiger partial charge in [0, 0.05) is 0 Å². The Balaban J connectivity index is 1.94. The van der Waals surface area contributed by atoms with Gasteiger partial charge in [-0.2, -0.15) is 0 Å². The normalized spacial score (nSPS) is 51.6. The third-order valence-corrected chi connectivity index (χ3v) is 6.54.